The summed E-state index contributed by atoms with van der Waals surface area (Å²) in [5.74, 6) is -1.21. The van der Waals surface area contributed by atoms with Gasteiger partial charge < -0.3 is 14.8 Å². The second-order valence-corrected chi connectivity index (χ2v) is 4.46. The van der Waals surface area contributed by atoms with E-state index in [2.05, 4.69) is 0 Å². The van der Waals surface area contributed by atoms with Gasteiger partial charge in [0, 0.05) is 23.2 Å². The molecule has 0 bridgehead atoms. The minimum Gasteiger partial charge on any atom is -0.479 e. The third-order valence-electron chi connectivity index (χ3n) is 3.42. The van der Waals surface area contributed by atoms with Gasteiger partial charge >= 0.3 is 5.97 Å². The molecule has 4 nitrogen and oxygen atoms in total. The number of hydrogen-bond donors (Lipinski definition) is 2. The first-order valence-electron chi connectivity index (χ1n) is 5.98. The van der Waals surface area contributed by atoms with E-state index in [1.165, 1.54) is 0 Å². The van der Waals surface area contributed by atoms with E-state index in [0.717, 1.165) is 28.7 Å². The predicted octanol–water partition coefficient (Wildman–Crippen LogP) is 2.40. The van der Waals surface area contributed by atoms with E-state index >= 15 is 0 Å². The van der Waals surface area contributed by atoms with Gasteiger partial charge in [-0.05, 0) is 26.3 Å². The predicted molar refractivity (Wildman–Crippen MR) is 69.7 cm³/mol. The number of aryl methyl sites for hydroxylation is 2. The van der Waals surface area contributed by atoms with Crippen molar-refractivity contribution in [1.29, 1.82) is 0 Å². The lowest BCUT2D eigenvalue weighted by Gasteiger charge is -2.07. The van der Waals surface area contributed by atoms with Gasteiger partial charge in [-0.2, -0.15) is 0 Å². The molecule has 2 rings (SSSR count). The van der Waals surface area contributed by atoms with Crippen molar-refractivity contribution in [2.24, 2.45) is 0 Å². The summed E-state index contributed by atoms with van der Waals surface area (Å²) in [4.78, 5) is 11.0. The Balaban J connectivity index is 2.86. The summed E-state index contributed by atoms with van der Waals surface area (Å²) in [6, 6.07) is 5.74. The molecule has 1 atom stereocenters. The monoisotopic (exact) mass is 247 g/mol. The number of carbonyl (C=O) groups is 1. The van der Waals surface area contributed by atoms with Crippen LogP contribution in [-0.2, 0) is 11.3 Å². The third-order valence-corrected chi connectivity index (χ3v) is 3.42. The van der Waals surface area contributed by atoms with E-state index in [4.69, 9.17) is 5.11 Å². The molecular weight excluding hydrogens is 230 g/mol. The number of rotatable bonds is 3. The maximum Gasteiger partial charge on any atom is 0.337 e. The molecule has 1 aromatic carbocycles. The topological polar surface area (TPSA) is 62.5 Å². The molecule has 96 valence electrons. The molecular formula is C14H17NO3. The Morgan fingerprint density at radius 2 is 2.06 bits per heavy atom. The van der Waals surface area contributed by atoms with Gasteiger partial charge in [-0.1, -0.05) is 18.2 Å². The quantitative estimate of drug-likeness (QED) is 0.875. The van der Waals surface area contributed by atoms with Gasteiger partial charge in [0.2, 0.25) is 0 Å². The Labute approximate surface area is 105 Å². The van der Waals surface area contributed by atoms with Crippen molar-refractivity contribution in [3.8, 4) is 0 Å². The maximum absolute atomic E-state index is 11.0. The first-order valence-corrected chi connectivity index (χ1v) is 5.98. The first-order chi connectivity index (χ1) is 8.49. The van der Waals surface area contributed by atoms with E-state index < -0.39 is 12.1 Å². The Morgan fingerprint density at radius 3 is 2.61 bits per heavy atom. The molecule has 2 N–H and O–H groups in total. The Morgan fingerprint density at radius 1 is 1.39 bits per heavy atom. The van der Waals surface area contributed by atoms with Crippen LogP contribution < -0.4 is 0 Å². The van der Waals surface area contributed by atoms with E-state index in [1.807, 2.05) is 43.5 Å². The fraction of sp³-hybridized carbons (Fsp3) is 0.357. The summed E-state index contributed by atoms with van der Waals surface area (Å²) in [7, 11) is 0. The van der Waals surface area contributed by atoms with Crippen molar-refractivity contribution in [3.05, 3.63) is 35.0 Å². The second kappa shape index (κ2) is 4.46. The van der Waals surface area contributed by atoms with E-state index in [9.17, 15) is 9.90 Å². The van der Waals surface area contributed by atoms with Crippen molar-refractivity contribution < 1.29 is 15.0 Å². The van der Waals surface area contributed by atoms with Crippen molar-refractivity contribution in [1.82, 2.24) is 4.57 Å². The standard InChI is InChI=1S/C14H17NO3/c1-4-15-9(3)11(13(16)14(17)18)10-7-5-6-8(2)12(10)15/h5-7,13,16H,4H2,1-3H3,(H,17,18). The number of fused-ring (bicyclic) bond motifs is 1. The van der Waals surface area contributed by atoms with Gasteiger partial charge in [-0.3, -0.25) is 0 Å². The summed E-state index contributed by atoms with van der Waals surface area (Å²) in [6.07, 6.45) is -1.47. The highest BCUT2D eigenvalue weighted by molar-refractivity contribution is 5.92. The molecule has 18 heavy (non-hydrogen) atoms. The minimum atomic E-state index is -1.47. The lowest BCUT2D eigenvalue weighted by molar-refractivity contribution is -0.146. The van der Waals surface area contributed by atoms with Gasteiger partial charge in [0.1, 0.15) is 0 Å². The smallest absolute Gasteiger partial charge is 0.337 e. The number of hydrogen-bond acceptors (Lipinski definition) is 2. The van der Waals surface area contributed by atoms with Crippen LogP contribution in [0.15, 0.2) is 18.2 Å². The number of carboxylic acid groups (broad SMARTS) is 1. The van der Waals surface area contributed by atoms with Gasteiger partial charge in [0.15, 0.2) is 6.10 Å². The van der Waals surface area contributed by atoms with E-state index in [-0.39, 0.29) is 0 Å². The fourth-order valence-electron chi connectivity index (χ4n) is 2.61. The summed E-state index contributed by atoms with van der Waals surface area (Å²) >= 11 is 0. The fourth-order valence-corrected chi connectivity index (χ4v) is 2.61. The van der Waals surface area contributed by atoms with Crippen LogP contribution >= 0.6 is 0 Å². The molecule has 0 aliphatic carbocycles. The molecule has 0 aliphatic rings. The molecule has 0 saturated carbocycles. The molecule has 1 heterocycles. The van der Waals surface area contributed by atoms with E-state index in [0.29, 0.717) is 5.56 Å². The summed E-state index contributed by atoms with van der Waals surface area (Å²) in [5.41, 5.74) is 3.41. The van der Waals surface area contributed by atoms with Crippen LogP contribution in [-0.4, -0.2) is 20.7 Å². The van der Waals surface area contributed by atoms with Crippen LogP contribution in [0.2, 0.25) is 0 Å². The SMILES string of the molecule is CCn1c(C)c(C(O)C(=O)O)c2cccc(C)c21. The zero-order valence-corrected chi connectivity index (χ0v) is 10.8. The Hall–Kier alpha value is -1.81. The van der Waals surface area contributed by atoms with Crippen LogP contribution in [0.1, 0.15) is 29.8 Å². The molecule has 1 aromatic heterocycles. The minimum absolute atomic E-state index is 0.503. The largest absolute Gasteiger partial charge is 0.479 e. The average molecular weight is 247 g/mol. The number of benzene rings is 1. The second-order valence-electron chi connectivity index (χ2n) is 4.46. The lowest BCUT2D eigenvalue weighted by Crippen LogP contribution is -2.11. The molecule has 0 spiro atoms. The molecule has 0 aliphatic heterocycles. The van der Waals surface area contributed by atoms with Crippen molar-refractivity contribution >= 4 is 16.9 Å². The number of aromatic nitrogens is 1. The van der Waals surface area contributed by atoms with Crippen LogP contribution in [0.3, 0.4) is 0 Å². The average Bonchev–Trinajstić information content (AvgIpc) is 2.61. The molecule has 0 fully saturated rings. The maximum atomic E-state index is 11.0. The number of aliphatic hydroxyl groups excluding tert-OH is 1. The summed E-state index contributed by atoms with van der Waals surface area (Å²) in [5, 5.41) is 19.7. The number of nitrogens with zero attached hydrogens (tertiary/aromatic N) is 1. The first kappa shape index (κ1) is 12.6. The van der Waals surface area contributed by atoms with Gasteiger partial charge in [-0.15, -0.1) is 0 Å². The van der Waals surface area contributed by atoms with Crippen molar-refractivity contribution in [2.75, 3.05) is 0 Å². The van der Waals surface area contributed by atoms with Crippen LogP contribution in [0.25, 0.3) is 10.9 Å². The molecule has 0 saturated heterocycles. The molecule has 4 heteroatoms. The van der Waals surface area contributed by atoms with Gasteiger partial charge in [-0.25, -0.2) is 4.79 Å². The highest BCUT2D eigenvalue weighted by Crippen LogP contribution is 2.32. The van der Waals surface area contributed by atoms with Gasteiger partial charge in [0.25, 0.3) is 0 Å². The van der Waals surface area contributed by atoms with Crippen LogP contribution in [0.4, 0.5) is 0 Å². The number of carboxylic acids is 1. The highest BCUT2D eigenvalue weighted by Gasteiger charge is 2.25. The zero-order valence-electron chi connectivity index (χ0n) is 10.8. The van der Waals surface area contributed by atoms with Crippen LogP contribution in [0.5, 0.6) is 0 Å². The van der Waals surface area contributed by atoms with Crippen LogP contribution in [0, 0.1) is 13.8 Å². The highest BCUT2D eigenvalue weighted by atomic mass is 16.4. The molecule has 1 unspecified atom stereocenters. The normalized spacial score (nSPS) is 12.9. The lowest BCUT2D eigenvalue weighted by atomic mass is 10.0. The van der Waals surface area contributed by atoms with Crippen molar-refractivity contribution in [3.63, 3.8) is 0 Å². The molecule has 0 radical (unpaired) electrons. The number of aliphatic carboxylic acids is 1. The van der Waals surface area contributed by atoms with E-state index in [1.54, 1.807) is 0 Å². The zero-order chi connectivity index (χ0) is 13.4. The third kappa shape index (κ3) is 1.69. The molecule has 2 aromatic rings. The Kier molecular flexibility index (Phi) is 3.13. The van der Waals surface area contributed by atoms with Gasteiger partial charge in [0.05, 0.1) is 5.52 Å². The Bertz CT molecular complexity index is 613. The molecule has 0 amide bonds. The van der Waals surface area contributed by atoms with Crippen molar-refractivity contribution in [2.45, 2.75) is 33.4 Å². The number of para-hydroxylation sites is 1. The number of aliphatic hydroxyl groups is 1. The summed E-state index contributed by atoms with van der Waals surface area (Å²) in [6.45, 7) is 6.60. The summed E-state index contributed by atoms with van der Waals surface area (Å²) < 4.78 is 2.05.